The van der Waals surface area contributed by atoms with E-state index in [4.69, 9.17) is 15.9 Å². The Morgan fingerprint density at radius 3 is 2.46 bits per heavy atom. The smallest absolute Gasteiger partial charge is 0.362 e. The van der Waals surface area contributed by atoms with Crippen molar-refractivity contribution in [3.63, 3.8) is 0 Å². The van der Waals surface area contributed by atoms with E-state index in [1.165, 1.54) is 28.8 Å². The maximum absolute atomic E-state index is 13.2. The van der Waals surface area contributed by atoms with Crippen molar-refractivity contribution in [3.8, 4) is 0 Å². The number of ether oxygens (including phenoxy) is 1. The highest BCUT2D eigenvalue weighted by molar-refractivity contribution is 8.13. The largest absolute Gasteiger partial charge is 0.385 e. The lowest BCUT2D eigenvalue weighted by Crippen LogP contribution is -2.62. The fourth-order valence-corrected chi connectivity index (χ4v) is 5.25. The maximum Gasteiger partial charge on any atom is 0.362 e. The number of nitrogens with zero attached hydrogens (tertiary/aromatic N) is 3. The lowest BCUT2D eigenvalue weighted by Gasteiger charge is -2.47. The molecule has 1 saturated heterocycles. The van der Waals surface area contributed by atoms with Crippen molar-refractivity contribution in [1.29, 1.82) is 5.41 Å². The van der Waals surface area contributed by atoms with Gasteiger partial charge in [0, 0.05) is 36.9 Å². The molecule has 0 saturated carbocycles. The molecule has 1 aromatic rings. The van der Waals surface area contributed by atoms with E-state index in [0.29, 0.717) is 24.4 Å². The minimum absolute atomic E-state index is 0.0120. The summed E-state index contributed by atoms with van der Waals surface area (Å²) in [7, 11) is 1.86. The van der Waals surface area contributed by atoms with Crippen molar-refractivity contribution < 1.29 is 24.0 Å². The third kappa shape index (κ3) is 5.38. The Balaban J connectivity index is 1.83. The predicted octanol–water partition coefficient (Wildman–Crippen LogP) is 2.22. The number of amides is 1. The molecule has 0 bridgehead atoms. The molecule has 0 unspecified atom stereocenters. The van der Waals surface area contributed by atoms with Crippen LogP contribution in [0.2, 0.25) is 0 Å². The number of carbonyl (C=O) groups excluding carboxylic acids is 3. The molecule has 2 aliphatic rings. The molecular formula is C23H29N5O6S. The molecule has 3 rings (SSSR count). The van der Waals surface area contributed by atoms with Crippen LogP contribution in [-0.4, -0.2) is 69.7 Å². The highest BCUT2D eigenvalue weighted by Crippen LogP contribution is 2.48. The molecule has 3 N–H and O–H groups in total. The molecule has 2 heterocycles. The van der Waals surface area contributed by atoms with Gasteiger partial charge in [0.25, 0.3) is 5.69 Å². The molecule has 1 fully saturated rings. The fourth-order valence-electron chi connectivity index (χ4n) is 4.62. The number of hydrogen-bond acceptors (Lipinski definition) is 9. The van der Waals surface area contributed by atoms with Crippen LogP contribution >= 0.6 is 11.8 Å². The number of nitro benzene ring substituents is 1. The Morgan fingerprint density at radius 2 is 1.91 bits per heavy atom. The van der Waals surface area contributed by atoms with Gasteiger partial charge in [-0.2, -0.15) is 0 Å². The van der Waals surface area contributed by atoms with Crippen LogP contribution in [0.1, 0.15) is 31.1 Å². The van der Waals surface area contributed by atoms with Gasteiger partial charge >= 0.3 is 11.9 Å². The van der Waals surface area contributed by atoms with E-state index in [-0.39, 0.29) is 51.8 Å². The Morgan fingerprint density at radius 1 is 1.29 bits per heavy atom. The quantitative estimate of drug-likeness (QED) is 0.0979. The number of amidine groups is 1. The molecule has 2 aliphatic heterocycles. The number of benzene rings is 1. The first-order valence-electron chi connectivity index (χ1n) is 11.2. The molecule has 0 aromatic heterocycles. The van der Waals surface area contributed by atoms with Crippen LogP contribution in [-0.2, 0) is 14.3 Å². The van der Waals surface area contributed by atoms with Crippen molar-refractivity contribution >= 4 is 40.5 Å². The number of nitro groups is 1. The number of esters is 2. The molecule has 3 atom stereocenters. The monoisotopic (exact) mass is 503 g/mol. The predicted molar refractivity (Wildman–Crippen MR) is 131 cm³/mol. The van der Waals surface area contributed by atoms with Crippen molar-refractivity contribution in [2.75, 3.05) is 25.9 Å². The summed E-state index contributed by atoms with van der Waals surface area (Å²) in [5.41, 5.74) is 5.99. The van der Waals surface area contributed by atoms with E-state index in [1.807, 2.05) is 32.7 Å². The van der Waals surface area contributed by atoms with Gasteiger partial charge in [0.1, 0.15) is 5.70 Å². The van der Waals surface area contributed by atoms with Crippen LogP contribution in [0.25, 0.3) is 0 Å². The minimum atomic E-state index is -0.951. The highest BCUT2D eigenvalue weighted by Gasteiger charge is 2.59. The normalized spacial score (nSPS) is 21.3. The second-order valence-electron chi connectivity index (χ2n) is 9.06. The molecule has 12 heteroatoms. The van der Waals surface area contributed by atoms with E-state index in [2.05, 4.69) is 0 Å². The van der Waals surface area contributed by atoms with E-state index < -0.39 is 16.9 Å². The lowest BCUT2D eigenvalue weighted by atomic mass is 9.74. The number of thioether (sulfide) groups is 1. The first kappa shape index (κ1) is 26.4. The minimum Gasteiger partial charge on any atom is -0.385 e. The van der Waals surface area contributed by atoms with Crippen LogP contribution in [0.3, 0.4) is 0 Å². The van der Waals surface area contributed by atoms with Gasteiger partial charge in [0.05, 0.1) is 22.4 Å². The zero-order valence-corrected chi connectivity index (χ0v) is 20.8. The maximum atomic E-state index is 13.2. The third-order valence-electron chi connectivity index (χ3n) is 6.38. The molecule has 0 aliphatic carbocycles. The molecule has 35 heavy (non-hydrogen) atoms. The average molecular weight is 504 g/mol. The van der Waals surface area contributed by atoms with Crippen LogP contribution in [0.15, 0.2) is 35.5 Å². The number of carbonyl (C=O) groups is 3. The first-order chi connectivity index (χ1) is 16.4. The van der Waals surface area contributed by atoms with Crippen molar-refractivity contribution in [2.24, 2.45) is 23.5 Å². The lowest BCUT2D eigenvalue weighted by molar-refractivity contribution is -0.384. The third-order valence-corrected chi connectivity index (χ3v) is 7.08. The van der Waals surface area contributed by atoms with Gasteiger partial charge in [-0.05, 0) is 30.7 Å². The van der Waals surface area contributed by atoms with Gasteiger partial charge in [-0.15, -0.1) is 0 Å². The van der Waals surface area contributed by atoms with Crippen molar-refractivity contribution in [2.45, 2.75) is 26.8 Å². The van der Waals surface area contributed by atoms with Crippen LogP contribution < -0.4 is 5.73 Å². The van der Waals surface area contributed by atoms with Gasteiger partial charge in [-0.25, -0.2) is 9.59 Å². The fraction of sp³-hybridized carbons (Fsp3) is 0.478. The highest BCUT2D eigenvalue weighted by atomic mass is 32.2. The molecule has 0 radical (unpaired) electrons. The van der Waals surface area contributed by atoms with Crippen molar-refractivity contribution in [3.05, 3.63) is 51.2 Å². The summed E-state index contributed by atoms with van der Waals surface area (Å²) in [5, 5.41) is 18.2. The van der Waals surface area contributed by atoms with Crippen molar-refractivity contribution in [1.82, 2.24) is 9.80 Å². The van der Waals surface area contributed by atoms with E-state index in [1.54, 1.807) is 0 Å². The number of likely N-dealkylation sites (N-methyl/N-ethyl adjacent to an activating group) is 1. The summed E-state index contributed by atoms with van der Waals surface area (Å²) in [4.78, 5) is 52.4. The number of β-lactam (4-membered cyclic amide) rings is 1. The topological polar surface area (TPSA) is 160 Å². The van der Waals surface area contributed by atoms with Gasteiger partial charge in [-0.1, -0.05) is 32.5 Å². The van der Waals surface area contributed by atoms with Gasteiger partial charge in [0.15, 0.2) is 5.17 Å². The molecule has 1 amide bonds. The standard InChI is InChI=1S/C23H29N5O6S/c1-12(2)17-18-13(3)16(11-26(4)9-10-35-23(24)25)19(27(18)20(17)29)22(31)34-21(30)14-5-7-15(8-6-14)28(32)33/h5-8,12-13,17-18H,9-11H2,1-4H3,(H3,24,25)/t13-,17+,18+/m0/s1. The summed E-state index contributed by atoms with van der Waals surface area (Å²) < 4.78 is 5.12. The summed E-state index contributed by atoms with van der Waals surface area (Å²) in [5.74, 6) is -1.70. The van der Waals surface area contributed by atoms with E-state index in [9.17, 15) is 24.5 Å². The van der Waals surface area contributed by atoms with E-state index in [0.717, 1.165) is 12.1 Å². The van der Waals surface area contributed by atoms with Crippen LogP contribution in [0, 0.1) is 33.3 Å². The Hall–Kier alpha value is -3.25. The van der Waals surface area contributed by atoms with Gasteiger partial charge in [0.2, 0.25) is 5.91 Å². The summed E-state index contributed by atoms with van der Waals surface area (Å²) >= 11 is 1.21. The Kier molecular flexibility index (Phi) is 7.96. The summed E-state index contributed by atoms with van der Waals surface area (Å²) in [6.07, 6.45) is 0. The number of nitrogens with one attached hydrogen (secondary N) is 1. The molecule has 1 aromatic carbocycles. The second-order valence-corrected chi connectivity index (χ2v) is 10.2. The van der Waals surface area contributed by atoms with Crippen LogP contribution in [0.5, 0.6) is 0 Å². The molecular weight excluding hydrogens is 474 g/mol. The number of non-ortho nitro benzene ring substituents is 1. The first-order valence-corrected chi connectivity index (χ1v) is 12.1. The molecule has 0 spiro atoms. The zero-order chi connectivity index (χ0) is 26.0. The average Bonchev–Trinajstić information content (AvgIpc) is 3.01. The van der Waals surface area contributed by atoms with Gasteiger partial charge in [-0.3, -0.25) is 20.3 Å². The second kappa shape index (κ2) is 10.6. The van der Waals surface area contributed by atoms with Crippen LogP contribution in [0.4, 0.5) is 5.69 Å². The molecule has 11 nitrogen and oxygen atoms in total. The molecule has 188 valence electrons. The van der Waals surface area contributed by atoms with Gasteiger partial charge < -0.3 is 20.3 Å². The Bertz CT molecular complexity index is 1090. The number of fused-ring (bicyclic) bond motifs is 1. The number of rotatable bonds is 9. The zero-order valence-electron chi connectivity index (χ0n) is 20.0. The number of hydrogen-bond donors (Lipinski definition) is 2. The summed E-state index contributed by atoms with van der Waals surface area (Å²) in [6, 6.07) is 4.55. The summed E-state index contributed by atoms with van der Waals surface area (Å²) in [6.45, 7) is 6.86. The Labute approximate surface area is 207 Å². The SMILES string of the molecule is CC(C)[C@H]1C(=O)N2C(C(=O)OC(=O)c3ccc([N+](=O)[O-])cc3)=C(CN(C)CCSC(=N)N)[C@H](C)[C@H]12. The van der Waals surface area contributed by atoms with E-state index >= 15 is 0 Å². The number of nitrogens with two attached hydrogens (primary N) is 1.